The SMILES string of the molecule is Brc1ccc(-c2nc(-c3cccnc3)no2)s1. The van der Waals surface area contributed by atoms with Crippen LogP contribution in [0.3, 0.4) is 0 Å². The van der Waals surface area contributed by atoms with Gasteiger partial charge in [-0.2, -0.15) is 4.98 Å². The largest absolute Gasteiger partial charge is 0.333 e. The lowest BCUT2D eigenvalue weighted by Gasteiger charge is -1.89. The Morgan fingerprint density at radius 2 is 2.18 bits per heavy atom. The molecule has 3 aromatic heterocycles. The van der Waals surface area contributed by atoms with Crippen LogP contribution in [0.15, 0.2) is 45.0 Å². The molecule has 0 spiro atoms. The highest BCUT2D eigenvalue weighted by molar-refractivity contribution is 9.11. The summed E-state index contributed by atoms with van der Waals surface area (Å²) in [5, 5.41) is 3.94. The Hall–Kier alpha value is -1.53. The molecule has 17 heavy (non-hydrogen) atoms. The smallest absolute Gasteiger partial charge is 0.268 e. The highest BCUT2D eigenvalue weighted by atomic mass is 79.9. The van der Waals surface area contributed by atoms with E-state index in [-0.39, 0.29) is 0 Å². The van der Waals surface area contributed by atoms with E-state index >= 15 is 0 Å². The van der Waals surface area contributed by atoms with Crippen LogP contribution >= 0.6 is 27.3 Å². The van der Waals surface area contributed by atoms with E-state index < -0.39 is 0 Å². The lowest BCUT2D eigenvalue weighted by Crippen LogP contribution is -1.80. The molecule has 0 bridgehead atoms. The van der Waals surface area contributed by atoms with Gasteiger partial charge in [0.1, 0.15) is 0 Å². The van der Waals surface area contributed by atoms with Crippen molar-refractivity contribution in [3.63, 3.8) is 0 Å². The summed E-state index contributed by atoms with van der Waals surface area (Å²) in [5.41, 5.74) is 0.845. The number of nitrogens with zero attached hydrogens (tertiary/aromatic N) is 3. The second kappa shape index (κ2) is 4.38. The second-order valence-electron chi connectivity index (χ2n) is 3.27. The molecule has 0 atom stereocenters. The maximum absolute atomic E-state index is 5.22. The van der Waals surface area contributed by atoms with Crippen molar-refractivity contribution in [2.75, 3.05) is 0 Å². The maximum Gasteiger partial charge on any atom is 0.268 e. The summed E-state index contributed by atoms with van der Waals surface area (Å²) in [6.45, 7) is 0. The Labute approximate surface area is 109 Å². The fourth-order valence-electron chi connectivity index (χ4n) is 1.37. The molecule has 3 rings (SSSR count). The summed E-state index contributed by atoms with van der Waals surface area (Å²) >= 11 is 4.95. The van der Waals surface area contributed by atoms with Gasteiger partial charge < -0.3 is 4.52 Å². The highest BCUT2D eigenvalue weighted by Crippen LogP contribution is 2.31. The highest BCUT2D eigenvalue weighted by Gasteiger charge is 2.11. The van der Waals surface area contributed by atoms with Crippen molar-refractivity contribution in [1.29, 1.82) is 0 Å². The van der Waals surface area contributed by atoms with Crippen molar-refractivity contribution < 1.29 is 4.52 Å². The quantitative estimate of drug-likeness (QED) is 0.725. The van der Waals surface area contributed by atoms with Gasteiger partial charge in [0.2, 0.25) is 5.82 Å². The molecule has 0 aliphatic heterocycles. The summed E-state index contributed by atoms with van der Waals surface area (Å²) in [7, 11) is 0. The van der Waals surface area contributed by atoms with Gasteiger partial charge in [-0.05, 0) is 40.2 Å². The zero-order valence-corrected chi connectivity index (χ0v) is 10.9. The molecule has 0 saturated heterocycles. The number of aromatic nitrogens is 3. The lowest BCUT2D eigenvalue weighted by atomic mass is 10.3. The minimum Gasteiger partial charge on any atom is -0.333 e. The normalized spacial score (nSPS) is 10.6. The number of hydrogen-bond donors (Lipinski definition) is 0. The first-order valence-corrected chi connectivity index (χ1v) is 6.44. The monoisotopic (exact) mass is 307 g/mol. The first kappa shape index (κ1) is 10.6. The van der Waals surface area contributed by atoms with Crippen LogP contribution in [0.1, 0.15) is 0 Å². The van der Waals surface area contributed by atoms with E-state index in [1.807, 2.05) is 24.3 Å². The Balaban J connectivity index is 1.99. The first-order valence-electron chi connectivity index (χ1n) is 4.83. The van der Waals surface area contributed by atoms with E-state index in [1.165, 1.54) is 0 Å². The maximum atomic E-state index is 5.22. The molecule has 3 heterocycles. The molecule has 0 aliphatic carbocycles. The predicted octanol–water partition coefficient (Wildman–Crippen LogP) is 3.62. The number of halogens is 1. The number of pyridine rings is 1. The molecule has 0 amide bonds. The van der Waals surface area contributed by atoms with Crippen LogP contribution in [0.5, 0.6) is 0 Å². The van der Waals surface area contributed by atoms with E-state index in [9.17, 15) is 0 Å². The molecule has 84 valence electrons. The topological polar surface area (TPSA) is 51.8 Å². The number of hydrogen-bond acceptors (Lipinski definition) is 5. The molecule has 0 unspecified atom stereocenters. The zero-order chi connectivity index (χ0) is 11.7. The third-order valence-corrected chi connectivity index (χ3v) is 3.74. The van der Waals surface area contributed by atoms with Crippen LogP contribution in [-0.4, -0.2) is 15.1 Å². The molecule has 6 heteroatoms. The van der Waals surface area contributed by atoms with Gasteiger partial charge in [-0.1, -0.05) is 5.16 Å². The zero-order valence-electron chi connectivity index (χ0n) is 8.50. The van der Waals surface area contributed by atoms with Crippen molar-refractivity contribution in [2.45, 2.75) is 0 Å². The number of thiophene rings is 1. The standard InChI is InChI=1S/C11H6BrN3OS/c12-9-4-3-8(17-9)11-14-10(15-16-11)7-2-1-5-13-6-7/h1-6H. The molecular formula is C11H6BrN3OS. The summed E-state index contributed by atoms with van der Waals surface area (Å²) in [4.78, 5) is 9.30. The van der Waals surface area contributed by atoms with E-state index in [4.69, 9.17) is 4.52 Å². The van der Waals surface area contributed by atoms with Crippen molar-refractivity contribution >= 4 is 27.3 Å². The Bertz CT molecular complexity index is 635. The van der Waals surface area contributed by atoms with Crippen LogP contribution < -0.4 is 0 Å². The van der Waals surface area contributed by atoms with Gasteiger partial charge in [-0.3, -0.25) is 4.98 Å². The fraction of sp³-hybridized carbons (Fsp3) is 0. The average Bonchev–Trinajstić information content (AvgIpc) is 2.98. The van der Waals surface area contributed by atoms with E-state index in [0.717, 1.165) is 14.2 Å². The van der Waals surface area contributed by atoms with Gasteiger partial charge in [-0.25, -0.2) is 0 Å². The van der Waals surface area contributed by atoms with Crippen LogP contribution in [0.4, 0.5) is 0 Å². The minimum atomic E-state index is 0.527. The Morgan fingerprint density at radius 1 is 1.24 bits per heavy atom. The second-order valence-corrected chi connectivity index (χ2v) is 5.73. The molecular weight excluding hydrogens is 302 g/mol. The van der Waals surface area contributed by atoms with Crippen molar-refractivity contribution in [3.8, 4) is 22.2 Å². The molecule has 0 aromatic carbocycles. The van der Waals surface area contributed by atoms with Gasteiger partial charge >= 0.3 is 0 Å². The minimum absolute atomic E-state index is 0.527. The van der Waals surface area contributed by atoms with E-state index in [0.29, 0.717) is 11.7 Å². The lowest BCUT2D eigenvalue weighted by molar-refractivity contribution is 0.433. The van der Waals surface area contributed by atoms with Gasteiger partial charge in [0.05, 0.1) is 8.66 Å². The van der Waals surface area contributed by atoms with Crippen molar-refractivity contribution in [1.82, 2.24) is 15.1 Å². The van der Waals surface area contributed by atoms with Crippen LogP contribution in [0, 0.1) is 0 Å². The van der Waals surface area contributed by atoms with Gasteiger partial charge in [0.25, 0.3) is 5.89 Å². The molecule has 0 fully saturated rings. The molecule has 3 aromatic rings. The summed E-state index contributed by atoms with van der Waals surface area (Å²) in [5.74, 6) is 1.08. The van der Waals surface area contributed by atoms with Crippen LogP contribution in [0.25, 0.3) is 22.2 Å². The van der Waals surface area contributed by atoms with E-state index in [2.05, 4.69) is 31.1 Å². The third-order valence-electron chi connectivity index (χ3n) is 2.13. The number of rotatable bonds is 2. The first-order chi connectivity index (χ1) is 8.33. The van der Waals surface area contributed by atoms with Gasteiger partial charge in [0.15, 0.2) is 0 Å². The van der Waals surface area contributed by atoms with Gasteiger partial charge in [0, 0.05) is 18.0 Å². The molecule has 0 saturated carbocycles. The Morgan fingerprint density at radius 3 is 2.88 bits per heavy atom. The summed E-state index contributed by atoms with van der Waals surface area (Å²) < 4.78 is 6.25. The molecule has 0 aliphatic rings. The van der Waals surface area contributed by atoms with Crippen LogP contribution in [0.2, 0.25) is 0 Å². The molecule has 0 radical (unpaired) electrons. The van der Waals surface area contributed by atoms with Crippen molar-refractivity contribution in [3.05, 3.63) is 40.4 Å². The third kappa shape index (κ3) is 2.13. The summed E-state index contributed by atoms with van der Waals surface area (Å²) in [6.07, 6.45) is 3.42. The van der Waals surface area contributed by atoms with Crippen molar-refractivity contribution in [2.24, 2.45) is 0 Å². The molecule has 4 nitrogen and oxygen atoms in total. The Kier molecular flexibility index (Phi) is 2.74. The van der Waals surface area contributed by atoms with Gasteiger partial charge in [-0.15, -0.1) is 11.3 Å². The van der Waals surface area contributed by atoms with E-state index in [1.54, 1.807) is 23.7 Å². The fourth-order valence-corrected chi connectivity index (χ4v) is 2.67. The average molecular weight is 308 g/mol. The summed E-state index contributed by atoms with van der Waals surface area (Å²) in [6, 6.07) is 7.63. The molecule has 0 N–H and O–H groups in total. The van der Waals surface area contributed by atoms with Crippen LogP contribution in [-0.2, 0) is 0 Å². The predicted molar refractivity (Wildman–Crippen MR) is 68.5 cm³/mol.